The molecule has 0 fully saturated rings. The molecule has 0 saturated heterocycles. The molecular weight excluding hydrogens is 310 g/mol. The summed E-state index contributed by atoms with van der Waals surface area (Å²) in [5.41, 5.74) is 7.58. The monoisotopic (exact) mass is 321 g/mol. The van der Waals surface area contributed by atoms with E-state index in [1.165, 1.54) is 23.1 Å². The lowest BCUT2D eigenvalue weighted by Crippen LogP contribution is -2.16. The molecule has 0 aliphatic heterocycles. The summed E-state index contributed by atoms with van der Waals surface area (Å²) in [5, 5.41) is 0. The fourth-order valence-corrected chi connectivity index (χ4v) is 3.55. The average Bonchev–Trinajstić information content (AvgIpc) is 3.02. The predicted octanol–water partition coefficient (Wildman–Crippen LogP) is 3.24. The number of nitrogens with zero attached hydrogens (tertiary/aromatic N) is 1. The van der Waals surface area contributed by atoms with E-state index in [1.807, 2.05) is 24.3 Å². The van der Waals surface area contributed by atoms with Crippen molar-refractivity contribution >= 4 is 39.5 Å². The summed E-state index contributed by atoms with van der Waals surface area (Å²) in [7, 11) is 1.61. The lowest BCUT2D eigenvalue weighted by molar-refractivity contribution is 0.208. The topological polar surface area (TPSA) is 90.2 Å². The maximum absolute atomic E-state index is 11.0. The number of carbonyl (C=O) groups is 1. The van der Waals surface area contributed by atoms with Gasteiger partial charge in [-0.1, -0.05) is 17.8 Å². The lowest BCUT2D eigenvalue weighted by Gasteiger charge is -2.05. The second-order valence-electron chi connectivity index (χ2n) is 4.02. The third-order valence-corrected chi connectivity index (χ3v) is 4.49. The van der Waals surface area contributed by atoms with Crippen molar-refractivity contribution in [1.29, 1.82) is 0 Å². The fourth-order valence-electron chi connectivity index (χ4n) is 1.81. The van der Waals surface area contributed by atoms with Crippen molar-refractivity contribution in [2.24, 2.45) is 5.73 Å². The zero-order valence-electron chi connectivity index (χ0n) is 11.0. The van der Waals surface area contributed by atoms with Crippen LogP contribution in [0.3, 0.4) is 0 Å². The minimum absolute atomic E-state index is 0.310. The van der Waals surface area contributed by atoms with Crippen molar-refractivity contribution in [3.8, 4) is 11.6 Å². The van der Waals surface area contributed by atoms with Gasteiger partial charge >= 0.3 is 6.09 Å². The van der Waals surface area contributed by atoms with Gasteiger partial charge in [0.05, 0.1) is 12.6 Å². The van der Waals surface area contributed by atoms with Crippen LogP contribution < -0.4 is 15.2 Å². The number of hydrogen-bond acceptors (Lipinski definition) is 6. The van der Waals surface area contributed by atoms with Crippen LogP contribution in [-0.4, -0.2) is 23.2 Å². The van der Waals surface area contributed by atoms with Crippen LogP contribution in [0.4, 0.5) is 4.79 Å². The van der Waals surface area contributed by atoms with Gasteiger partial charge in [0.15, 0.2) is 0 Å². The van der Waals surface area contributed by atoms with E-state index in [1.54, 1.807) is 12.6 Å². The highest BCUT2D eigenvalue weighted by Crippen LogP contribution is 2.41. The molecule has 0 aliphatic carbocycles. The Hall–Kier alpha value is -2.19. The van der Waals surface area contributed by atoms with Crippen molar-refractivity contribution in [3.63, 3.8) is 0 Å². The molecular formula is C13H11N3O3S2. The maximum Gasteiger partial charge on any atom is 0.411 e. The van der Waals surface area contributed by atoms with E-state index < -0.39 is 6.09 Å². The normalized spacial score (nSPS) is 10.7. The Morgan fingerprint density at radius 3 is 3.10 bits per heavy atom. The van der Waals surface area contributed by atoms with Crippen LogP contribution in [0.1, 0.15) is 0 Å². The molecule has 1 amide bonds. The Kier molecular flexibility index (Phi) is 3.72. The fraction of sp³-hybridized carbons (Fsp3) is 0.0769. The summed E-state index contributed by atoms with van der Waals surface area (Å²) in [6.07, 6.45) is -0.864. The minimum atomic E-state index is -0.864. The summed E-state index contributed by atoms with van der Waals surface area (Å²) in [6.45, 7) is 0. The summed E-state index contributed by atoms with van der Waals surface area (Å²) >= 11 is 2.86. The molecule has 108 valence electrons. The summed E-state index contributed by atoms with van der Waals surface area (Å²) < 4.78 is 10.2. The van der Waals surface area contributed by atoms with E-state index in [-0.39, 0.29) is 0 Å². The number of primary amides is 1. The number of nitrogens with two attached hydrogens (primary N) is 1. The van der Waals surface area contributed by atoms with Crippen LogP contribution in [0, 0.1) is 0 Å². The first-order valence-corrected chi connectivity index (χ1v) is 7.61. The van der Waals surface area contributed by atoms with Crippen molar-refractivity contribution in [2.45, 2.75) is 9.79 Å². The second-order valence-corrected chi connectivity index (χ2v) is 5.95. The van der Waals surface area contributed by atoms with Gasteiger partial charge < -0.3 is 20.2 Å². The number of H-pyrrole nitrogens is 1. The average molecular weight is 321 g/mol. The van der Waals surface area contributed by atoms with Gasteiger partial charge in [0.25, 0.3) is 0 Å². The molecule has 0 aliphatic rings. The van der Waals surface area contributed by atoms with Crippen LogP contribution >= 0.6 is 23.1 Å². The molecule has 0 bridgehead atoms. The molecule has 3 N–H and O–H groups in total. The Bertz CT molecular complexity index is 797. The molecule has 0 saturated carbocycles. The van der Waals surface area contributed by atoms with E-state index in [0.29, 0.717) is 5.88 Å². The van der Waals surface area contributed by atoms with Crippen LogP contribution in [0.15, 0.2) is 39.6 Å². The van der Waals surface area contributed by atoms with Gasteiger partial charge in [-0.05, 0) is 18.2 Å². The number of nitrogens with one attached hydrogen (secondary N) is 1. The van der Waals surface area contributed by atoms with Gasteiger partial charge in [0.2, 0.25) is 5.88 Å². The quantitative estimate of drug-likeness (QED) is 0.770. The number of methoxy groups -OCH3 is 1. The second kappa shape index (κ2) is 5.66. The number of amides is 1. The predicted molar refractivity (Wildman–Crippen MR) is 81.3 cm³/mol. The molecule has 2 heterocycles. The number of benzene rings is 1. The van der Waals surface area contributed by atoms with E-state index in [9.17, 15) is 4.79 Å². The summed E-state index contributed by atoms with van der Waals surface area (Å²) in [6, 6.07) is 7.58. The van der Waals surface area contributed by atoms with Gasteiger partial charge in [0.1, 0.15) is 21.0 Å². The molecule has 2 aromatic heterocycles. The summed E-state index contributed by atoms with van der Waals surface area (Å²) in [4.78, 5) is 20.8. The van der Waals surface area contributed by atoms with Crippen molar-refractivity contribution < 1.29 is 14.3 Å². The van der Waals surface area contributed by atoms with Crippen molar-refractivity contribution in [2.75, 3.05) is 7.11 Å². The number of rotatable bonds is 4. The third-order valence-electron chi connectivity index (χ3n) is 2.68. The maximum atomic E-state index is 11.0. The highest BCUT2D eigenvalue weighted by Gasteiger charge is 2.18. The van der Waals surface area contributed by atoms with Crippen LogP contribution in [0.2, 0.25) is 0 Å². The van der Waals surface area contributed by atoms with E-state index in [4.69, 9.17) is 15.2 Å². The first kappa shape index (κ1) is 13.8. The van der Waals surface area contributed by atoms with Gasteiger partial charge in [-0.15, -0.1) is 11.3 Å². The Labute approximate surface area is 128 Å². The van der Waals surface area contributed by atoms with Gasteiger partial charge in [-0.2, -0.15) is 0 Å². The molecule has 1 aromatic carbocycles. The SMILES string of the molecule is COc1cccc(Sc2c(OC(N)=O)[nH]c3scnc23)c1. The molecule has 6 nitrogen and oxygen atoms in total. The number of thiazole rings is 1. The Morgan fingerprint density at radius 2 is 2.33 bits per heavy atom. The minimum Gasteiger partial charge on any atom is -0.497 e. The zero-order chi connectivity index (χ0) is 14.8. The molecule has 0 radical (unpaired) electrons. The van der Waals surface area contributed by atoms with Crippen molar-refractivity contribution in [1.82, 2.24) is 9.97 Å². The zero-order valence-corrected chi connectivity index (χ0v) is 12.6. The molecule has 0 atom stereocenters. The van der Waals surface area contributed by atoms with Crippen LogP contribution in [-0.2, 0) is 0 Å². The van der Waals surface area contributed by atoms with Crippen LogP contribution in [0.5, 0.6) is 11.6 Å². The number of fused-ring (bicyclic) bond motifs is 1. The highest BCUT2D eigenvalue weighted by atomic mass is 32.2. The standard InChI is InChI=1S/C13H11N3O3S2/c1-18-7-3-2-4-8(5-7)21-10-9-12(20-6-15-9)16-11(10)19-13(14)17/h2-6,16H,1H3,(H2,14,17). The smallest absolute Gasteiger partial charge is 0.411 e. The number of carbonyl (C=O) groups excluding carboxylic acids is 1. The van der Waals surface area contributed by atoms with E-state index in [0.717, 1.165) is 25.9 Å². The van der Waals surface area contributed by atoms with Crippen molar-refractivity contribution in [3.05, 3.63) is 29.8 Å². The summed E-state index contributed by atoms with van der Waals surface area (Å²) in [5.74, 6) is 1.06. The number of aromatic nitrogens is 2. The van der Waals surface area contributed by atoms with Crippen LogP contribution in [0.25, 0.3) is 10.3 Å². The van der Waals surface area contributed by atoms with Gasteiger partial charge in [0, 0.05) is 4.90 Å². The number of aromatic amines is 1. The first-order valence-electron chi connectivity index (χ1n) is 5.91. The molecule has 0 spiro atoms. The van der Waals surface area contributed by atoms with Gasteiger partial charge in [-0.25, -0.2) is 9.78 Å². The largest absolute Gasteiger partial charge is 0.497 e. The Morgan fingerprint density at radius 1 is 1.48 bits per heavy atom. The lowest BCUT2D eigenvalue weighted by atomic mass is 10.3. The highest BCUT2D eigenvalue weighted by molar-refractivity contribution is 7.99. The van der Waals surface area contributed by atoms with E-state index >= 15 is 0 Å². The number of ether oxygens (including phenoxy) is 2. The number of hydrogen-bond donors (Lipinski definition) is 2. The van der Waals surface area contributed by atoms with Gasteiger partial charge in [-0.3, -0.25) is 0 Å². The molecule has 21 heavy (non-hydrogen) atoms. The third kappa shape index (κ3) is 2.81. The molecule has 3 rings (SSSR count). The molecule has 3 aromatic rings. The first-order chi connectivity index (χ1) is 10.2. The van der Waals surface area contributed by atoms with E-state index in [2.05, 4.69) is 9.97 Å². The Balaban J connectivity index is 2.01. The molecule has 0 unspecified atom stereocenters. The molecule has 8 heteroatoms.